The van der Waals surface area contributed by atoms with Crippen LogP contribution in [0.4, 0.5) is 5.69 Å². The van der Waals surface area contributed by atoms with E-state index in [0.29, 0.717) is 11.4 Å². The molecule has 5 nitrogen and oxygen atoms in total. The first-order chi connectivity index (χ1) is 7.80. The van der Waals surface area contributed by atoms with Gasteiger partial charge in [-0.2, -0.15) is 0 Å². The summed E-state index contributed by atoms with van der Waals surface area (Å²) >= 11 is 0. The predicted molar refractivity (Wildman–Crippen MR) is 63.0 cm³/mol. The minimum Gasteiger partial charge on any atom is -0.479 e. The van der Waals surface area contributed by atoms with E-state index in [1.807, 2.05) is 0 Å². The molecule has 0 fully saturated rings. The fraction of sp³-hybridized carbons (Fsp3) is 0.300. The highest BCUT2D eigenvalue weighted by Crippen LogP contribution is 2.35. The van der Waals surface area contributed by atoms with Crippen LogP contribution in [0.1, 0.15) is 6.92 Å². The van der Waals surface area contributed by atoms with Crippen molar-refractivity contribution in [2.24, 2.45) is 0 Å². The topological polar surface area (TPSA) is 63.7 Å². The number of carbonyl (C=O) groups excluding carboxylic acids is 1. The molecule has 0 saturated carbocycles. The molecule has 1 amide bonds. The summed E-state index contributed by atoms with van der Waals surface area (Å²) in [6.07, 6.45) is -0.578. The third-order valence-electron chi connectivity index (χ3n) is 2.56. The van der Waals surface area contributed by atoms with Gasteiger partial charge in [-0.3, -0.25) is 4.79 Å². The van der Waals surface area contributed by atoms with Gasteiger partial charge in [0, 0.05) is 17.7 Å². The first kappa shape index (κ1) is 12.2. The quantitative estimate of drug-likeness (QED) is 0.726. The normalized spacial score (nSPS) is 19.8. The van der Waals surface area contributed by atoms with Crippen molar-refractivity contribution in [3.05, 3.63) is 18.2 Å². The van der Waals surface area contributed by atoms with Gasteiger partial charge in [-0.1, -0.05) is 0 Å². The van der Waals surface area contributed by atoms with Gasteiger partial charge in [0.2, 0.25) is 0 Å². The number of hydrogen-bond donors (Lipinski definition) is 0. The van der Waals surface area contributed by atoms with Crippen LogP contribution in [0.15, 0.2) is 23.1 Å². The average molecular weight is 276 g/mol. The number of carbonyl (C=O) groups is 1. The zero-order chi connectivity index (χ0) is 12.8. The molecule has 0 aliphatic carbocycles. The maximum atomic E-state index is 11.7. The lowest BCUT2D eigenvalue weighted by molar-refractivity contribution is -0.125. The summed E-state index contributed by atoms with van der Waals surface area (Å²) in [5.74, 6) is 0.227. The van der Waals surface area contributed by atoms with E-state index in [9.17, 15) is 13.2 Å². The van der Waals surface area contributed by atoms with E-state index in [1.165, 1.54) is 23.1 Å². The molecule has 1 heterocycles. The highest BCUT2D eigenvalue weighted by molar-refractivity contribution is 8.13. The van der Waals surface area contributed by atoms with Gasteiger partial charge in [0.05, 0.1) is 10.6 Å². The van der Waals surface area contributed by atoms with Crippen LogP contribution in [0.5, 0.6) is 5.75 Å². The highest BCUT2D eigenvalue weighted by atomic mass is 35.7. The van der Waals surface area contributed by atoms with Gasteiger partial charge < -0.3 is 9.64 Å². The summed E-state index contributed by atoms with van der Waals surface area (Å²) < 4.78 is 27.7. The molecule has 92 valence electrons. The van der Waals surface area contributed by atoms with Crippen LogP contribution in [0.25, 0.3) is 0 Å². The Bertz CT molecular complexity index is 584. The van der Waals surface area contributed by atoms with Gasteiger partial charge in [0.25, 0.3) is 15.0 Å². The SMILES string of the molecule is CC1Oc2ccc(S(=O)(=O)Cl)cc2N(C)C1=O. The number of fused-ring (bicyclic) bond motifs is 1. The second kappa shape index (κ2) is 3.89. The summed E-state index contributed by atoms with van der Waals surface area (Å²) in [6, 6.07) is 4.16. The van der Waals surface area contributed by atoms with E-state index in [2.05, 4.69) is 0 Å². The molecule has 1 aliphatic heterocycles. The van der Waals surface area contributed by atoms with E-state index in [-0.39, 0.29) is 10.8 Å². The molecule has 1 aromatic carbocycles. The molecule has 0 radical (unpaired) electrons. The van der Waals surface area contributed by atoms with E-state index in [1.54, 1.807) is 14.0 Å². The Morgan fingerprint density at radius 1 is 1.41 bits per heavy atom. The van der Waals surface area contributed by atoms with Gasteiger partial charge in [-0.05, 0) is 25.1 Å². The molecule has 17 heavy (non-hydrogen) atoms. The van der Waals surface area contributed by atoms with Crippen LogP contribution in [-0.2, 0) is 13.8 Å². The zero-order valence-electron chi connectivity index (χ0n) is 9.18. The predicted octanol–water partition coefficient (Wildman–Crippen LogP) is 1.36. The van der Waals surface area contributed by atoms with E-state index >= 15 is 0 Å². The van der Waals surface area contributed by atoms with Gasteiger partial charge >= 0.3 is 0 Å². The second-order valence-corrected chi connectivity index (χ2v) is 6.29. The Labute approximate surface area is 103 Å². The average Bonchev–Trinajstić information content (AvgIpc) is 2.24. The van der Waals surface area contributed by atoms with E-state index in [0.717, 1.165) is 0 Å². The number of anilines is 1. The molecule has 0 spiro atoms. The first-order valence-electron chi connectivity index (χ1n) is 4.83. The fourth-order valence-electron chi connectivity index (χ4n) is 1.64. The van der Waals surface area contributed by atoms with Gasteiger partial charge in [0.1, 0.15) is 5.75 Å². The molecule has 1 aliphatic rings. The molecule has 7 heteroatoms. The maximum Gasteiger partial charge on any atom is 0.267 e. The van der Waals surface area contributed by atoms with Crippen molar-refractivity contribution >= 4 is 31.3 Å². The minimum atomic E-state index is -3.81. The van der Waals surface area contributed by atoms with Crippen LogP contribution in [0.2, 0.25) is 0 Å². The number of ether oxygens (including phenoxy) is 1. The van der Waals surface area contributed by atoms with Crippen molar-refractivity contribution in [3.8, 4) is 5.75 Å². The van der Waals surface area contributed by atoms with Crippen LogP contribution in [-0.4, -0.2) is 27.5 Å². The molecule has 1 unspecified atom stereocenters. The molecule has 2 rings (SSSR count). The van der Waals surface area contributed by atoms with Crippen molar-refractivity contribution in [3.63, 3.8) is 0 Å². The minimum absolute atomic E-state index is 0.0595. The van der Waals surface area contributed by atoms with Crippen molar-refractivity contribution in [2.45, 2.75) is 17.9 Å². The van der Waals surface area contributed by atoms with E-state index in [4.69, 9.17) is 15.4 Å². The molecular formula is C10H10ClNO4S. The molecule has 0 saturated heterocycles. The summed E-state index contributed by atoms with van der Waals surface area (Å²) in [5, 5.41) is 0. The number of rotatable bonds is 1. The summed E-state index contributed by atoms with van der Waals surface area (Å²) in [5.41, 5.74) is 0.398. The summed E-state index contributed by atoms with van der Waals surface area (Å²) in [4.78, 5) is 13.0. The maximum absolute atomic E-state index is 11.7. The number of benzene rings is 1. The lowest BCUT2D eigenvalue weighted by atomic mass is 10.2. The molecule has 0 bridgehead atoms. The van der Waals surface area contributed by atoms with Crippen molar-refractivity contribution < 1.29 is 17.9 Å². The first-order valence-corrected chi connectivity index (χ1v) is 7.14. The number of halogens is 1. The van der Waals surface area contributed by atoms with Crippen molar-refractivity contribution in [1.29, 1.82) is 0 Å². The third kappa shape index (κ3) is 2.10. The number of amides is 1. The van der Waals surface area contributed by atoms with Crippen LogP contribution >= 0.6 is 10.7 Å². The third-order valence-corrected chi connectivity index (χ3v) is 3.91. The molecular weight excluding hydrogens is 266 g/mol. The largest absolute Gasteiger partial charge is 0.479 e. The fourth-order valence-corrected chi connectivity index (χ4v) is 2.41. The molecule has 1 atom stereocenters. The Balaban J connectivity index is 2.57. The van der Waals surface area contributed by atoms with Crippen molar-refractivity contribution in [1.82, 2.24) is 0 Å². The smallest absolute Gasteiger partial charge is 0.267 e. The Kier molecular flexibility index (Phi) is 2.79. The lowest BCUT2D eigenvalue weighted by Crippen LogP contribution is -2.42. The van der Waals surface area contributed by atoms with Crippen LogP contribution in [0, 0.1) is 0 Å². The Hall–Kier alpha value is -1.27. The van der Waals surface area contributed by atoms with Crippen LogP contribution in [0.3, 0.4) is 0 Å². The van der Waals surface area contributed by atoms with Crippen molar-refractivity contribution in [2.75, 3.05) is 11.9 Å². The number of hydrogen-bond acceptors (Lipinski definition) is 4. The standard InChI is InChI=1S/C10H10ClNO4S/c1-6-10(13)12(2)8-5-7(17(11,14)15)3-4-9(8)16-6/h3-6H,1-2H3. The van der Waals surface area contributed by atoms with Crippen LogP contribution < -0.4 is 9.64 Å². The monoisotopic (exact) mass is 275 g/mol. The Morgan fingerprint density at radius 2 is 2.06 bits per heavy atom. The summed E-state index contributed by atoms with van der Waals surface area (Å²) in [6.45, 7) is 1.63. The number of nitrogens with zero attached hydrogens (tertiary/aromatic N) is 1. The summed E-state index contributed by atoms with van der Waals surface area (Å²) in [7, 11) is 2.99. The second-order valence-electron chi connectivity index (χ2n) is 3.72. The molecule has 0 N–H and O–H groups in total. The number of likely N-dealkylation sites (N-methyl/N-ethyl adjacent to an activating group) is 1. The Morgan fingerprint density at radius 3 is 2.65 bits per heavy atom. The molecule has 0 aromatic heterocycles. The van der Waals surface area contributed by atoms with E-state index < -0.39 is 15.2 Å². The van der Waals surface area contributed by atoms with Gasteiger partial charge in [0.15, 0.2) is 6.10 Å². The molecule has 1 aromatic rings. The van der Waals surface area contributed by atoms with Gasteiger partial charge in [-0.25, -0.2) is 8.42 Å². The zero-order valence-corrected chi connectivity index (χ0v) is 10.7. The lowest BCUT2D eigenvalue weighted by Gasteiger charge is -2.30. The highest BCUT2D eigenvalue weighted by Gasteiger charge is 2.29. The van der Waals surface area contributed by atoms with Gasteiger partial charge in [-0.15, -0.1) is 0 Å².